The third kappa shape index (κ3) is 1.01. The van der Waals surface area contributed by atoms with Gasteiger partial charge in [0.05, 0.1) is 0 Å². The Labute approximate surface area is 69.3 Å². The summed E-state index contributed by atoms with van der Waals surface area (Å²) in [5, 5.41) is 4.73. The van der Waals surface area contributed by atoms with Crippen LogP contribution >= 0.6 is 0 Å². The number of allylic oxidation sites excluding steroid dienone is 2. The lowest BCUT2D eigenvalue weighted by molar-refractivity contribution is -0.120. The normalized spacial score (nSPS) is 27.8. The molecule has 1 heterocycles. The summed E-state index contributed by atoms with van der Waals surface area (Å²) in [6.45, 7) is 0. The number of urea groups is 1. The third-order valence-electron chi connectivity index (χ3n) is 1.97. The van der Waals surface area contributed by atoms with Crippen LogP contribution in [-0.4, -0.2) is 18.0 Å². The van der Waals surface area contributed by atoms with E-state index < -0.39 is 12.1 Å². The molecule has 3 amide bonds. The molecule has 0 spiro atoms. The van der Waals surface area contributed by atoms with Crippen LogP contribution in [0.3, 0.4) is 0 Å². The highest BCUT2D eigenvalue weighted by atomic mass is 16.2. The van der Waals surface area contributed by atoms with Gasteiger partial charge in [-0.3, -0.25) is 10.1 Å². The standard InChI is InChI=1S/C8H8N2O2/c11-7-6(9-8(12)10-7)5-3-1-2-4-5/h1-6H,(H2,9,10,11,12). The smallest absolute Gasteiger partial charge is 0.322 e. The van der Waals surface area contributed by atoms with Gasteiger partial charge in [-0.05, 0) is 0 Å². The highest BCUT2D eigenvalue weighted by molar-refractivity contribution is 6.04. The van der Waals surface area contributed by atoms with E-state index in [1.807, 2.05) is 24.3 Å². The van der Waals surface area contributed by atoms with E-state index >= 15 is 0 Å². The van der Waals surface area contributed by atoms with E-state index in [0.29, 0.717) is 0 Å². The molecular formula is C8H8N2O2. The Morgan fingerprint density at radius 1 is 1.17 bits per heavy atom. The van der Waals surface area contributed by atoms with Crippen molar-refractivity contribution in [3.63, 3.8) is 0 Å². The fraction of sp³-hybridized carbons (Fsp3) is 0.250. The maximum Gasteiger partial charge on any atom is 0.322 e. The molecule has 1 aliphatic heterocycles. The molecule has 2 rings (SSSR count). The van der Waals surface area contributed by atoms with Crippen molar-refractivity contribution < 1.29 is 9.59 Å². The number of rotatable bonds is 1. The molecule has 0 aromatic rings. The minimum absolute atomic E-state index is 0.0106. The minimum Gasteiger partial charge on any atom is -0.325 e. The Kier molecular flexibility index (Phi) is 1.46. The van der Waals surface area contributed by atoms with Crippen molar-refractivity contribution in [1.82, 2.24) is 10.6 Å². The summed E-state index contributed by atoms with van der Waals surface area (Å²) >= 11 is 0. The predicted octanol–water partition coefficient (Wildman–Crippen LogP) is -0.0634. The Hall–Kier alpha value is -1.58. The molecule has 4 nitrogen and oxygen atoms in total. The summed E-state index contributed by atoms with van der Waals surface area (Å²) in [6.07, 6.45) is 7.50. The van der Waals surface area contributed by atoms with Crippen LogP contribution in [0.5, 0.6) is 0 Å². The van der Waals surface area contributed by atoms with Gasteiger partial charge in [-0.15, -0.1) is 0 Å². The first-order valence-corrected chi connectivity index (χ1v) is 3.74. The topological polar surface area (TPSA) is 58.2 Å². The molecule has 0 aromatic carbocycles. The first-order valence-electron chi connectivity index (χ1n) is 3.74. The van der Waals surface area contributed by atoms with E-state index in [-0.39, 0.29) is 11.8 Å². The molecular weight excluding hydrogens is 156 g/mol. The van der Waals surface area contributed by atoms with Crippen LogP contribution in [0.1, 0.15) is 0 Å². The number of nitrogens with one attached hydrogen (secondary N) is 2. The van der Waals surface area contributed by atoms with E-state index in [9.17, 15) is 9.59 Å². The minimum atomic E-state index is -0.424. The zero-order valence-electron chi connectivity index (χ0n) is 6.28. The zero-order chi connectivity index (χ0) is 8.55. The Bertz CT molecular complexity index is 281. The van der Waals surface area contributed by atoms with Crippen molar-refractivity contribution in [3.05, 3.63) is 24.3 Å². The van der Waals surface area contributed by atoms with Gasteiger partial charge in [0, 0.05) is 5.92 Å². The Balaban J connectivity index is 2.14. The number of amides is 3. The Morgan fingerprint density at radius 2 is 1.83 bits per heavy atom. The molecule has 0 aromatic heterocycles. The van der Waals surface area contributed by atoms with Gasteiger partial charge in [-0.2, -0.15) is 0 Å². The monoisotopic (exact) mass is 164 g/mol. The molecule has 1 fully saturated rings. The van der Waals surface area contributed by atoms with Crippen molar-refractivity contribution in [2.45, 2.75) is 6.04 Å². The predicted molar refractivity (Wildman–Crippen MR) is 42.2 cm³/mol. The van der Waals surface area contributed by atoms with Gasteiger partial charge in [-0.1, -0.05) is 24.3 Å². The van der Waals surface area contributed by atoms with E-state index in [0.717, 1.165) is 0 Å². The molecule has 1 aliphatic carbocycles. The molecule has 2 N–H and O–H groups in total. The maximum absolute atomic E-state index is 11.1. The van der Waals surface area contributed by atoms with Crippen molar-refractivity contribution in [1.29, 1.82) is 0 Å². The fourth-order valence-corrected chi connectivity index (χ4v) is 1.37. The average molecular weight is 164 g/mol. The molecule has 1 unspecified atom stereocenters. The molecule has 12 heavy (non-hydrogen) atoms. The first-order chi connectivity index (χ1) is 5.77. The number of carbonyl (C=O) groups is 2. The second-order valence-corrected chi connectivity index (χ2v) is 2.79. The third-order valence-corrected chi connectivity index (χ3v) is 1.97. The number of hydrogen-bond donors (Lipinski definition) is 2. The van der Waals surface area contributed by atoms with Gasteiger partial charge < -0.3 is 5.32 Å². The summed E-state index contributed by atoms with van der Waals surface area (Å²) in [5.41, 5.74) is 0. The van der Waals surface area contributed by atoms with Crippen LogP contribution in [-0.2, 0) is 4.79 Å². The molecule has 0 bridgehead atoms. The molecule has 1 saturated heterocycles. The largest absolute Gasteiger partial charge is 0.325 e. The van der Waals surface area contributed by atoms with Gasteiger partial charge >= 0.3 is 6.03 Å². The van der Waals surface area contributed by atoms with Crippen LogP contribution < -0.4 is 10.6 Å². The van der Waals surface area contributed by atoms with Crippen LogP contribution in [0.25, 0.3) is 0 Å². The SMILES string of the molecule is O=C1NC(=O)C(C2C=CC=C2)N1. The molecule has 2 aliphatic rings. The van der Waals surface area contributed by atoms with Gasteiger partial charge in [0.25, 0.3) is 5.91 Å². The number of imide groups is 1. The zero-order valence-corrected chi connectivity index (χ0v) is 6.28. The lowest BCUT2D eigenvalue weighted by Gasteiger charge is -2.10. The summed E-state index contributed by atoms with van der Waals surface area (Å²) in [7, 11) is 0. The maximum atomic E-state index is 11.1. The van der Waals surface area contributed by atoms with Crippen molar-refractivity contribution >= 4 is 11.9 Å². The molecule has 0 saturated carbocycles. The lowest BCUT2D eigenvalue weighted by Crippen LogP contribution is -2.34. The Morgan fingerprint density at radius 3 is 2.33 bits per heavy atom. The van der Waals surface area contributed by atoms with Gasteiger partial charge in [-0.25, -0.2) is 4.79 Å². The van der Waals surface area contributed by atoms with Crippen molar-refractivity contribution in [3.8, 4) is 0 Å². The molecule has 1 atom stereocenters. The number of hydrogen-bond acceptors (Lipinski definition) is 2. The first kappa shape index (κ1) is 7.09. The molecule has 4 heteroatoms. The second-order valence-electron chi connectivity index (χ2n) is 2.79. The van der Waals surface area contributed by atoms with E-state index in [2.05, 4.69) is 10.6 Å². The summed E-state index contributed by atoms with van der Waals surface area (Å²) in [4.78, 5) is 21.8. The van der Waals surface area contributed by atoms with Crippen LogP contribution in [0.15, 0.2) is 24.3 Å². The second kappa shape index (κ2) is 2.48. The van der Waals surface area contributed by atoms with Crippen molar-refractivity contribution in [2.75, 3.05) is 0 Å². The molecule has 0 radical (unpaired) electrons. The summed E-state index contributed by atoms with van der Waals surface area (Å²) in [6, 6.07) is -0.828. The van der Waals surface area contributed by atoms with Crippen LogP contribution in [0.2, 0.25) is 0 Å². The molecule has 62 valence electrons. The lowest BCUT2D eigenvalue weighted by atomic mass is 10.0. The highest BCUT2D eigenvalue weighted by Crippen LogP contribution is 2.15. The van der Waals surface area contributed by atoms with Crippen molar-refractivity contribution in [2.24, 2.45) is 5.92 Å². The van der Waals surface area contributed by atoms with Crippen LogP contribution in [0.4, 0.5) is 4.79 Å². The van der Waals surface area contributed by atoms with Gasteiger partial charge in [0.1, 0.15) is 6.04 Å². The van der Waals surface area contributed by atoms with Gasteiger partial charge in [0.2, 0.25) is 0 Å². The fourth-order valence-electron chi connectivity index (χ4n) is 1.37. The van der Waals surface area contributed by atoms with Gasteiger partial charge in [0.15, 0.2) is 0 Å². The van der Waals surface area contributed by atoms with E-state index in [1.165, 1.54) is 0 Å². The highest BCUT2D eigenvalue weighted by Gasteiger charge is 2.34. The summed E-state index contributed by atoms with van der Waals surface area (Å²) in [5.74, 6) is -0.238. The van der Waals surface area contributed by atoms with E-state index in [4.69, 9.17) is 0 Å². The van der Waals surface area contributed by atoms with Crippen LogP contribution in [0, 0.1) is 5.92 Å². The van der Waals surface area contributed by atoms with E-state index in [1.54, 1.807) is 0 Å². The average Bonchev–Trinajstić information content (AvgIpc) is 2.58. The quantitative estimate of drug-likeness (QED) is 0.533. The number of carbonyl (C=O) groups excluding carboxylic acids is 2. The summed E-state index contributed by atoms with van der Waals surface area (Å²) < 4.78 is 0.